The quantitative estimate of drug-likeness (QED) is 0.356. The van der Waals surface area contributed by atoms with Crippen LogP contribution in [0.2, 0.25) is 5.02 Å². The summed E-state index contributed by atoms with van der Waals surface area (Å²) < 4.78 is 26.7. The number of hydrogen-bond acceptors (Lipinski definition) is 4. The van der Waals surface area contributed by atoms with Gasteiger partial charge in [-0.15, -0.1) is 0 Å². The average molecular weight is 570 g/mol. The molecule has 1 atom stereocenters. The fourth-order valence-corrected chi connectivity index (χ4v) is 5.19. The predicted octanol–water partition coefficient (Wildman–Crippen LogP) is 4.89. The summed E-state index contributed by atoms with van der Waals surface area (Å²) in [4.78, 5) is 29.0. The largest absolute Gasteiger partial charge is 0.352 e. The van der Waals surface area contributed by atoms with Crippen molar-refractivity contribution >= 4 is 39.1 Å². The fraction of sp³-hybridized carbons (Fsp3) is 0.333. The zero-order valence-corrected chi connectivity index (χ0v) is 24.6. The number of aryl methyl sites for hydroxylation is 2. The Morgan fingerprint density at radius 2 is 1.56 bits per heavy atom. The molecule has 39 heavy (non-hydrogen) atoms. The molecule has 2 amide bonds. The van der Waals surface area contributed by atoms with Crippen LogP contribution in [0.15, 0.2) is 72.8 Å². The lowest BCUT2D eigenvalue weighted by Crippen LogP contribution is -2.54. The molecule has 1 N–H and O–H groups in total. The van der Waals surface area contributed by atoms with E-state index in [4.69, 9.17) is 11.6 Å². The predicted molar refractivity (Wildman–Crippen MR) is 157 cm³/mol. The van der Waals surface area contributed by atoms with Crippen LogP contribution >= 0.6 is 11.6 Å². The molecule has 208 valence electrons. The Morgan fingerprint density at radius 3 is 2.13 bits per heavy atom. The van der Waals surface area contributed by atoms with E-state index < -0.39 is 28.5 Å². The molecule has 0 saturated carbocycles. The van der Waals surface area contributed by atoms with Crippen LogP contribution in [-0.4, -0.2) is 50.0 Å². The van der Waals surface area contributed by atoms with Gasteiger partial charge in [0.05, 0.1) is 11.9 Å². The first kappa shape index (κ1) is 30.2. The maximum absolute atomic E-state index is 14.0. The molecule has 0 fully saturated rings. The Bertz CT molecular complexity index is 1390. The molecule has 0 spiro atoms. The Hall–Kier alpha value is -3.36. The van der Waals surface area contributed by atoms with E-state index in [0.717, 1.165) is 32.8 Å². The molecule has 3 aromatic carbocycles. The van der Waals surface area contributed by atoms with E-state index in [-0.39, 0.29) is 30.6 Å². The van der Waals surface area contributed by atoms with Crippen molar-refractivity contribution in [1.29, 1.82) is 0 Å². The number of rotatable bonds is 11. The van der Waals surface area contributed by atoms with Gasteiger partial charge in [-0.2, -0.15) is 0 Å². The Balaban J connectivity index is 2.06. The third-order valence-electron chi connectivity index (χ3n) is 6.30. The molecule has 0 radical (unpaired) electrons. The van der Waals surface area contributed by atoms with E-state index in [0.29, 0.717) is 5.02 Å². The van der Waals surface area contributed by atoms with E-state index in [1.165, 1.54) is 11.0 Å². The first-order valence-electron chi connectivity index (χ1n) is 12.8. The lowest BCUT2D eigenvalue weighted by molar-refractivity contribution is -0.140. The van der Waals surface area contributed by atoms with Crippen molar-refractivity contribution in [2.75, 3.05) is 17.1 Å². The third-order valence-corrected chi connectivity index (χ3v) is 7.85. The summed E-state index contributed by atoms with van der Waals surface area (Å²) in [5, 5.41) is 3.33. The smallest absolute Gasteiger partial charge is 0.244 e. The number of benzene rings is 3. The average Bonchev–Trinajstić information content (AvgIpc) is 2.87. The zero-order chi connectivity index (χ0) is 28.7. The number of carbonyl (C=O) groups is 2. The van der Waals surface area contributed by atoms with Crippen LogP contribution in [0.1, 0.15) is 36.1 Å². The van der Waals surface area contributed by atoms with Gasteiger partial charge in [0.1, 0.15) is 12.6 Å². The van der Waals surface area contributed by atoms with Crippen molar-refractivity contribution in [1.82, 2.24) is 10.2 Å². The van der Waals surface area contributed by atoms with Crippen LogP contribution in [-0.2, 0) is 32.6 Å². The molecular formula is C30H36ClN3O4S. The number of carbonyl (C=O) groups excluding carboxylic acids is 2. The SMILES string of the molecule is Cc1ccc(CN(C(=O)CN(c2ccc(C)c(Cl)c2)S(C)(=O)=O)[C@@H](Cc2ccccc2)C(=O)NC(C)C)cc1. The monoisotopic (exact) mass is 569 g/mol. The normalized spacial score (nSPS) is 12.2. The van der Waals surface area contributed by atoms with E-state index in [9.17, 15) is 18.0 Å². The molecule has 0 aliphatic rings. The summed E-state index contributed by atoms with van der Waals surface area (Å²) >= 11 is 6.29. The second-order valence-electron chi connectivity index (χ2n) is 10.1. The van der Waals surface area contributed by atoms with Crippen LogP contribution < -0.4 is 9.62 Å². The molecule has 9 heteroatoms. The molecule has 3 rings (SSSR count). The van der Waals surface area contributed by atoms with Gasteiger partial charge in [-0.25, -0.2) is 8.42 Å². The highest BCUT2D eigenvalue weighted by molar-refractivity contribution is 7.92. The molecule has 0 unspecified atom stereocenters. The van der Waals surface area contributed by atoms with Crippen LogP contribution in [0.4, 0.5) is 5.69 Å². The minimum atomic E-state index is -3.85. The van der Waals surface area contributed by atoms with E-state index >= 15 is 0 Å². The zero-order valence-electron chi connectivity index (χ0n) is 23.0. The number of anilines is 1. The van der Waals surface area contributed by atoms with Crippen molar-refractivity contribution in [3.8, 4) is 0 Å². The van der Waals surface area contributed by atoms with Crippen LogP contribution in [0.25, 0.3) is 0 Å². The van der Waals surface area contributed by atoms with Gasteiger partial charge in [-0.3, -0.25) is 13.9 Å². The Morgan fingerprint density at radius 1 is 0.923 bits per heavy atom. The first-order chi connectivity index (χ1) is 18.3. The highest BCUT2D eigenvalue weighted by Crippen LogP contribution is 2.26. The van der Waals surface area contributed by atoms with E-state index in [1.807, 2.05) is 82.3 Å². The topological polar surface area (TPSA) is 86.8 Å². The summed E-state index contributed by atoms with van der Waals surface area (Å²) in [6.07, 6.45) is 1.32. The van der Waals surface area contributed by atoms with Gasteiger partial charge in [0.15, 0.2) is 0 Å². The molecule has 0 saturated heterocycles. The van der Waals surface area contributed by atoms with Gasteiger partial charge >= 0.3 is 0 Å². The van der Waals surface area contributed by atoms with Crippen molar-refractivity contribution in [2.24, 2.45) is 0 Å². The first-order valence-corrected chi connectivity index (χ1v) is 15.0. The number of hydrogen-bond donors (Lipinski definition) is 1. The van der Waals surface area contributed by atoms with Crippen molar-refractivity contribution in [3.05, 3.63) is 100 Å². The van der Waals surface area contributed by atoms with Gasteiger partial charge < -0.3 is 10.2 Å². The second-order valence-corrected chi connectivity index (χ2v) is 12.4. The van der Waals surface area contributed by atoms with Crippen molar-refractivity contribution in [3.63, 3.8) is 0 Å². The molecule has 0 aliphatic carbocycles. The highest BCUT2D eigenvalue weighted by atomic mass is 35.5. The van der Waals surface area contributed by atoms with Crippen LogP contribution in [0.3, 0.4) is 0 Å². The van der Waals surface area contributed by atoms with Gasteiger partial charge in [0.2, 0.25) is 21.8 Å². The van der Waals surface area contributed by atoms with Gasteiger partial charge in [0.25, 0.3) is 0 Å². The van der Waals surface area contributed by atoms with Crippen LogP contribution in [0.5, 0.6) is 0 Å². The lowest BCUT2D eigenvalue weighted by Gasteiger charge is -2.34. The molecule has 0 heterocycles. The minimum absolute atomic E-state index is 0.133. The summed E-state index contributed by atoms with van der Waals surface area (Å²) in [6.45, 7) is 7.15. The Kier molecular flexibility index (Phi) is 10.2. The standard InChI is InChI=1S/C30H36ClN3O4S/c1-21(2)32-30(36)28(17-24-9-7-6-8-10-24)33(19-25-14-11-22(3)12-15-25)29(35)20-34(39(5,37)38)26-16-13-23(4)27(31)18-26/h6-16,18,21,28H,17,19-20H2,1-5H3,(H,32,36)/t28-/m0/s1. The summed E-state index contributed by atoms with van der Waals surface area (Å²) in [5.74, 6) is -0.809. The fourth-order valence-electron chi connectivity index (χ4n) is 4.18. The van der Waals surface area contributed by atoms with Gasteiger partial charge in [0, 0.05) is 24.0 Å². The maximum atomic E-state index is 14.0. The van der Waals surface area contributed by atoms with Gasteiger partial charge in [-0.05, 0) is 56.5 Å². The molecule has 7 nitrogen and oxygen atoms in total. The van der Waals surface area contributed by atoms with Gasteiger partial charge in [-0.1, -0.05) is 77.8 Å². The number of halogens is 1. The Labute approximate surface area is 236 Å². The minimum Gasteiger partial charge on any atom is -0.352 e. The van der Waals surface area contributed by atoms with Crippen molar-refractivity contribution in [2.45, 2.75) is 52.7 Å². The molecule has 0 aliphatic heterocycles. The molecule has 0 bridgehead atoms. The molecular weight excluding hydrogens is 534 g/mol. The number of nitrogens with one attached hydrogen (secondary N) is 1. The maximum Gasteiger partial charge on any atom is 0.244 e. The number of nitrogens with zero attached hydrogens (tertiary/aromatic N) is 2. The highest BCUT2D eigenvalue weighted by Gasteiger charge is 2.33. The second kappa shape index (κ2) is 13.1. The molecule has 3 aromatic rings. The van der Waals surface area contributed by atoms with Crippen molar-refractivity contribution < 1.29 is 18.0 Å². The number of sulfonamides is 1. The molecule has 0 aromatic heterocycles. The third kappa shape index (κ3) is 8.57. The summed E-state index contributed by atoms with van der Waals surface area (Å²) in [5.41, 5.74) is 3.84. The van der Waals surface area contributed by atoms with E-state index in [1.54, 1.807) is 12.1 Å². The summed E-state index contributed by atoms with van der Waals surface area (Å²) in [6, 6.07) is 21.0. The summed E-state index contributed by atoms with van der Waals surface area (Å²) in [7, 11) is -3.85. The van der Waals surface area contributed by atoms with Crippen LogP contribution in [0, 0.1) is 13.8 Å². The number of amides is 2. The van der Waals surface area contributed by atoms with E-state index in [2.05, 4.69) is 5.32 Å². The lowest BCUT2D eigenvalue weighted by atomic mass is 10.0.